The molecule has 3 nitrogen and oxygen atoms in total. The molecular formula is C14H13BrCl2N2O. The molecule has 0 fully saturated rings. The lowest BCUT2D eigenvalue weighted by atomic mass is 9.99. The highest BCUT2D eigenvalue weighted by Crippen LogP contribution is 2.32. The molecular weight excluding hydrogens is 363 g/mol. The maximum absolute atomic E-state index is 6.08. The minimum atomic E-state index is -0.212. The van der Waals surface area contributed by atoms with Crippen molar-refractivity contribution in [3.05, 3.63) is 62.0 Å². The van der Waals surface area contributed by atoms with Crippen molar-refractivity contribution in [2.45, 2.75) is 6.04 Å². The summed E-state index contributed by atoms with van der Waals surface area (Å²) in [7, 11) is 1.58. The molecule has 0 saturated carbocycles. The van der Waals surface area contributed by atoms with Crippen LogP contribution in [0.3, 0.4) is 0 Å². The van der Waals surface area contributed by atoms with Crippen LogP contribution in [-0.4, -0.2) is 7.11 Å². The molecule has 20 heavy (non-hydrogen) atoms. The van der Waals surface area contributed by atoms with Crippen LogP contribution in [0.4, 0.5) is 0 Å². The molecule has 106 valence electrons. The second-order valence-corrected chi connectivity index (χ2v) is 5.96. The molecule has 0 radical (unpaired) electrons. The van der Waals surface area contributed by atoms with Gasteiger partial charge in [-0.1, -0.05) is 45.2 Å². The Morgan fingerprint density at radius 3 is 2.50 bits per heavy atom. The van der Waals surface area contributed by atoms with E-state index in [1.165, 1.54) is 0 Å². The summed E-state index contributed by atoms with van der Waals surface area (Å²) < 4.78 is 6.12. The van der Waals surface area contributed by atoms with E-state index >= 15 is 0 Å². The van der Waals surface area contributed by atoms with Gasteiger partial charge in [-0.3, -0.25) is 5.84 Å². The van der Waals surface area contributed by atoms with Crippen molar-refractivity contribution in [2.24, 2.45) is 5.84 Å². The van der Waals surface area contributed by atoms with E-state index in [9.17, 15) is 0 Å². The van der Waals surface area contributed by atoms with Gasteiger partial charge in [0.1, 0.15) is 5.75 Å². The van der Waals surface area contributed by atoms with Crippen molar-refractivity contribution >= 4 is 39.1 Å². The van der Waals surface area contributed by atoms with Crippen LogP contribution in [0.1, 0.15) is 17.2 Å². The van der Waals surface area contributed by atoms with Gasteiger partial charge in [-0.2, -0.15) is 0 Å². The summed E-state index contributed by atoms with van der Waals surface area (Å²) in [6, 6.07) is 10.9. The van der Waals surface area contributed by atoms with Crippen molar-refractivity contribution in [3.8, 4) is 5.75 Å². The fourth-order valence-electron chi connectivity index (χ4n) is 1.98. The number of hydrazine groups is 1. The van der Waals surface area contributed by atoms with Crippen molar-refractivity contribution in [1.29, 1.82) is 0 Å². The zero-order valence-corrected chi connectivity index (χ0v) is 13.8. The van der Waals surface area contributed by atoms with Gasteiger partial charge < -0.3 is 4.74 Å². The van der Waals surface area contributed by atoms with Gasteiger partial charge in [0.15, 0.2) is 0 Å². The lowest BCUT2D eigenvalue weighted by Gasteiger charge is -2.18. The fourth-order valence-corrected chi connectivity index (χ4v) is 3.06. The lowest BCUT2D eigenvalue weighted by molar-refractivity contribution is 0.414. The standard InChI is InChI=1S/C14H13BrCl2N2O/c1-20-13-6-8(2-3-12(13)17)14(19-18)9-4-10(15)7-11(16)5-9/h2-7,14,19H,18H2,1H3. The number of nitrogens with one attached hydrogen (secondary N) is 1. The van der Waals surface area contributed by atoms with Crippen LogP contribution in [-0.2, 0) is 0 Å². The normalized spacial score (nSPS) is 12.2. The van der Waals surface area contributed by atoms with Crippen molar-refractivity contribution in [3.63, 3.8) is 0 Å². The molecule has 0 aromatic heterocycles. The largest absolute Gasteiger partial charge is 0.495 e. The van der Waals surface area contributed by atoms with Crippen LogP contribution in [0.25, 0.3) is 0 Å². The molecule has 1 atom stereocenters. The Hall–Kier alpha value is -0.780. The number of rotatable bonds is 4. The summed E-state index contributed by atoms with van der Waals surface area (Å²) in [6.45, 7) is 0. The predicted octanol–water partition coefficient (Wildman–Crippen LogP) is 4.32. The van der Waals surface area contributed by atoms with E-state index < -0.39 is 0 Å². The van der Waals surface area contributed by atoms with Gasteiger partial charge in [-0.15, -0.1) is 0 Å². The smallest absolute Gasteiger partial charge is 0.137 e. The second kappa shape index (κ2) is 6.78. The molecule has 0 saturated heterocycles. The number of ether oxygens (including phenoxy) is 1. The summed E-state index contributed by atoms with van der Waals surface area (Å²) in [5.41, 5.74) is 4.66. The van der Waals surface area contributed by atoms with Crippen LogP contribution in [0.15, 0.2) is 40.9 Å². The van der Waals surface area contributed by atoms with Crippen LogP contribution >= 0.6 is 39.1 Å². The molecule has 6 heteroatoms. The molecule has 0 spiro atoms. The Bertz CT molecular complexity index is 602. The highest BCUT2D eigenvalue weighted by Gasteiger charge is 2.15. The topological polar surface area (TPSA) is 47.3 Å². The first kappa shape index (κ1) is 15.6. The summed E-state index contributed by atoms with van der Waals surface area (Å²) >= 11 is 15.5. The van der Waals surface area contributed by atoms with Crippen LogP contribution in [0.5, 0.6) is 5.75 Å². The zero-order chi connectivity index (χ0) is 14.7. The summed E-state index contributed by atoms with van der Waals surface area (Å²) in [5.74, 6) is 6.29. The average molecular weight is 376 g/mol. The lowest BCUT2D eigenvalue weighted by Crippen LogP contribution is -2.28. The van der Waals surface area contributed by atoms with Gasteiger partial charge in [0.05, 0.1) is 18.2 Å². The average Bonchev–Trinajstić information content (AvgIpc) is 2.40. The molecule has 0 aliphatic heterocycles. The predicted molar refractivity (Wildman–Crippen MR) is 86.3 cm³/mol. The number of halogens is 3. The van der Waals surface area contributed by atoms with E-state index in [0.717, 1.165) is 15.6 Å². The highest BCUT2D eigenvalue weighted by molar-refractivity contribution is 9.10. The Kier molecular flexibility index (Phi) is 5.29. The van der Waals surface area contributed by atoms with E-state index in [-0.39, 0.29) is 6.04 Å². The third-order valence-electron chi connectivity index (χ3n) is 2.89. The van der Waals surface area contributed by atoms with E-state index in [1.807, 2.05) is 30.3 Å². The first-order valence-corrected chi connectivity index (χ1v) is 7.35. The molecule has 0 aliphatic carbocycles. The quantitative estimate of drug-likeness (QED) is 0.618. The second-order valence-electron chi connectivity index (χ2n) is 4.20. The number of hydrogen-bond donors (Lipinski definition) is 2. The molecule has 2 aromatic carbocycles. The molecule has 1 unspecified atom stereocenters. The van der Waals surface area contributed by atoms with Crippen molar-refractivity contribution in [2.75, 3.05) is 7.11 Å². The summed E-state index contributed by atoms with van der Waals surface area (Å²) in [6.07, 6.45) is 0. The summed E-state index contributed by atoms with van der Waals surface area (Å²) in [4.78, 5) is 0. The molecule has 2 rings (SSSR count). The maximum atomic E-state index is 6.08. The van der Waals surface area contributed by atoms with E-state index in [2.05, 4.69) is 21.4 Å². The highest BCUT2D eigenvalue weighted by atomic mass is 79.9. The van der Waals surface area contributed by atoms with Gasteiger partial charge in [-0.05, 0) is 41.5 Å². The van der Waals surface area contributed by atoms with Crippen molar-refractivity contribution in [1.82, 2.24) is 5.43 Å². The number of benzene rings is 2. The first-order chi connectivity index (χ1) is 9.55. The molecule has 2 aromatic rings. The monoisotopic (exact) mass is 374 g/mol. The van der Waals surface area contributed by atoms with Gasteiger partial charge >= 0.3 is 0 Å². The zero-order valence-electron chi connectivity index (χ0n) is 10.7. The maximum Gasteiger partial charge on any atom is 0.137 e. The first-order valence-electron chi connectivity index (χ1n) is 5.80. The van der Waals surface area contributed by atoms with Gasteiger partial charge in [0, 0.05) is 9.50 Å². The van der Waals surface area contributed by atoms with Gasteiger partial charge in [0.25, 0.3) is 0 Å². The minimum absolute atomic E-state index is 0.212. The molecule has 0 heterocycles. The molecule has 0 bridgehead atoms. The number of hydrogen-bond acceptors (Lipinski definition) is 3. The number of methoxy groups -OCH3 is 1. The molecule has 0 aliphatic rings. The van der Waals surface area contributed by atoms with E-state index in [1.54, 1.807) is 13.2 Å². The Balaban J connectivity index is 2.46. The van der Waals surface area contributed by atoms with E-state index in [4.69, 9.17) is 33.8 Å². The molecule has 0 amide bonds. The third-order valence-corrected chi connectivity index (χ3v) is 3.88. The van der Waals surface area contributed by atoms with Gasteiger partial charge in [0.2, 0.25) is 0 Å². The van der Waals surface area contributed by atoms with E-state index in [0.29, 0.717) is 15.8 Å². The van der Waals surface area contributed by atoms with Crippen LogP contribution in [0, 0.1) is 0 Å². The minimum Gasteiger partial charge on any atom is -0.495 e. The SMILES string of the molecule is COc1cc(C(NN)c2cc(Cl)cc(Br)c2)ccc1Cl. The Labute approximate surface area is 136 Å². The van der Waals surface area contributed by atoms with Gasteiger partial charge in [-0.25, -0.2) is 5.43 Å². The molecule has 3 N–H and O–H groups in total. The third kappa shape index (κ3) is 3.45. The Morgan fingerprint density at radius 1 is 1.15 bits per heavy atom. The van der Waals surface area contributed by atoms with Crippen molar-refractivity contribution < 1.29 is 4.74 Å². The van der Waals surface area contributed by atoms with Crippen LogP contribution in [0.2, 0.25) is 10.0 Å². The number of nitrogens with two attached hydrogens (primary N) is 1. The Morgan fingerprint density at radius 2 is 1.90 bits per heavy atom. The summed E-state index contributed by atoms with van der Waals surface area (Å²) in [5, 5.41) is 1.19. The fraction of sp³-hybridized carbons (Fsp3) is 0.143. The van der Waals surface area contributed by atoms with Crippen LogP contribution < -0.4 is 16.0 Å².